The second kappa shape index (κ2) is 10.7. The molecule has 33 heavy (non-hydrogen) atoms. The van der Waals surface area contributed by atoms with Crippen molar-refractivity contribution in [2.45, 2.75) is 39.9 Å². The summed E-state index contributed by atoms with van der Waals surface area (Å²) in [6, 6.07) is 30.7. The zero-order chi connectivity index (χ0) is 23.0. The van der Waals surface area contributed by atoms with Crippen molar-refractivity contribution < 1.29 is 4.79 Å². The summed E-state index contributed by atoms with van der Waals surface area (Å²) in [6.07, 6.45) is 3.02. The molecule has 0 aliphatic heterocycles. The van der Waals surface area contributed by atoms with Crippen LogP contribution < -0.4 is 5.32 Å². The summed E-state index contributed by atoms with van der Waals surface area (Å²) >= 11 is 0. The third-order valence-corrected chi connectivity index (χ3v) is 5.97. The molecule has 2 amide bonds. The molecule has 4 nitrogen and oxygen atoms in total. The molecule has 1 aromatic heterocycles. The Balaban J connectivity index is 1.56. The van der Waals surface area contributed by atoms with E-state index in [0.29, 0.717) is 13.1 Å². The monoisotopic (exact) mass is 437 g/mol. The van der Waals surface area contributed by atoms with Crippen LogP contribution in [0.15, 0.2) is 97.2 Å². The van der Waals surface area contributed by atoms with Crippen LogP contribution in [0.3, 0.4) is 0 Å². The molecule has 0 saturated carbocycles. The summed E-state index contributed by atoms with van der Waals surface area (Å²) in [5.41, 5.74) is 6.79. The SMILES string of the molecule is CCc1cccc(NC(=O)N(Cc2ccccc2)Cc2cccn2Cc2ccccc2C)c1. The Morgan fingerprint density at radius 2 is 1.61 bits per heavy atom. The van der Waals surface area contributed by atoms with Crippen molar-refractivity contribution in [3.05, 3.63) is 125 Å². The van der Waals surface area contributed by atoms with Crippen LogP contribution in [0.5, 0.6) is 0 Å². The van der Waals surface area contributed by atoms with E-state index in [0.717, 1.165) is 29.9 Å². The zero-order valence-corrected chi connectivity index (χ0v) is 19.4. The summed E-state index contributed by atoms with van der Waals surface area (Å²) in [5, 5.41) is 3.11. The number of rotatable bonds is 8. The lowest BCUT2D eigenvalue weighted by atomic mass is 10.1. The molecule has 1 heterocycles. The van der Waals surface area contributed by atoms with E-state index in [4.69, 9.17) is 0 Å². The molecule has 3 aromatic carbocycles. The van der Waals surface area contributed by atoms with Crippen LogP contribution in [0.4, 0.5) is 10.5 Å². The fourth-order valence-electron chi connectivity index (χ4n) is 3.99. The largest absolute Gasteiger partial charge is 0.345 e. The lowest BCUT2D eigenvalue weighted by Gasteiger charge is -2.24. The highest BCUT2D eigenvalue weighted by Gasteiger charge is 2.17. The first-order valence-corrected chi connectivity index (χ1v) is 11.5. The second-order valence-electron chi connectivity index (χ2n) is 8.38. The predicted molar refractivity (Wildman–Crippen MR) is 135 cm³/mol. The van der Waals surface area contributed by atoms with Gasteiger partial charge in [0.2, 0.25) is 0 Å². The summed E-state index contributed by atoms with van der Waals surface area (Å²) < 4.78 is 2.23. The van der Waals surface area contributed by atoms with Crippen molar-refractivity contribution in [2.75, 3.05) is 5.32 Å². The van der Waals surface area contributed by atoms with E-state index in [1.807, 2.05) is 41.3 Å². The summed E-state index contributed by atoms with van der Waals surface area (Å²) in [6.45, 7) is 6.10. The number of carbonyl (C=O) groups is 1. The van der Waals surface area contributed by atoms with Crippen molar-refractivity contribution in [1.82, 2.24) is 9.47 Å². The van der Waals surface area contributed by atoms with Crippen LogP contribution in [0, 0.1) is 6.92 Å². The number of nitrogens with one attached hydrogen (secondary N) is 1. The van der Waals surface area contributed by atoms with Crippen LogP contribution in [-0.4, -0.2) is 15.5 Å². The average molecular weight is 438 g/mol. The molecule has 0 bridgehead atoms. The number of nitrogens with zero attached hydrogens (tertiary/aromatic N) is 2. The summed E-state index contributed by atoms with van der Waals surface area (Å²) in [7, 11) is 0. The normalized spacial score (nSPS) is 10.7. The van der Waals surface area contributed by atoms with Crippen LogP contribution in [-0.2, 0) is 26.1 Å². The molecular formula is C29H31N3O. The lowest BCUT2D eigenvalue weighted by Crippen LogP contribution is -2.34. The molecule has 0 aliphatic carbocycles. The molecule has 0 unspecified atom stereocenters. The van der Waals surface area contributed by atoms with Gasteiger partial charge in [-0.15, -0.1) is 0 Å². The highest BCUT2D eigenvalue weighted by atomic mass is 16.2. The number of anilines is 1. The molecule has 0 atom stereocenters. The molecule has 4 rings (SSSR count). The Bertz CT molecular complexity index is 1200. The van der Waals surface area contributed by atoms with Gasteiger partial charge in [0, 0.05) is 30.7 Å². The number of aromatic nitrogens is 1. The average Bonchev–Trinajstić information content (AvgIpc) is 3.27. The van der Waals surface area contributed by atoms with E-state index in [1.165, 1.54) is 16.7 Å². The first-order valence-electron chi connectivity index (χ1n) is 11.5. The van der Waals surface area contributed by atoms with E-state index in [-0.39, 0.29) is 6.03 Å². The number of urea groups is 1. The molecule has 0 radical (unpaired) electrons. The van der Waals surface area contributed by atoms with E-state index >= 15 is 0 Å². The number of amides is 2. The quantitative estimate of drug-likeness (QED) is 0.329. The molecule has 0 aliphatic rings. The molecule has 0 spiro atoms. The molecule has 4 aromatic rings. The fourth-order valence-corrected chi connectivity index (χ4v) is 3.99. The Kier molecular flexibility index (Phi) is 7.26. The molecule has 168 valence electrons. The van der Waals surface area contributed by atoms with Gasteiger partial charge in [-0.05, 0) is 59.9 Å². The Morgan fingerprint density at radius 3 is 2.39 bits per heavy atom. The second-order valence-corrected chi connectivity index (χ2v) is 8.38. The summed E-state index contributed by atoms with van der Waals surface area (Å²) in [5.74, 6) is 0. The Morgan fingerprint density at radius 1 is 0.848 bits per heavy atom. The Labute approximate surface area is 196 Å². The van der Waals surface area contributed by atoms with Gasteiger partial charge in [0.15, 0.2) is 0 Å². The van der Waals surface area contributed by atoms with Gasteiger partial charge in [0.25, 0.3) is 0 Å². The van der Waals surface area contributed by atoms with E-state index in [9.17, 15) is 4.79 Å². The maximum atomic E-state index is 13.4. The smallest absolute Gasteiger partial charge is 0.322 e. The molecular weight excluding hydrogens is 406 g/mol. The van der Waals surface area contributed by atoms with Crippen LogP contribution >= 0.6 is 0 Å². The standard InChI is InChI=1S/C29H31N3O/c1-3-24-14-9-16-27(19-24)30-29(33)32(20-25-12-5-4-6-13-25)22-28-17-10-18-31(28)21-26-15-8-7-11-23(26)2/h4-19H,3,20-22H2,1-2H3,(H,30,33). The molecule has 1 N–H and O–H groups in total. The minimum absolute atomic E-state index is 0.101. The van der Waals surface area contributed by atoms with Crippen LogP contribution in [0.1, 0.15) is 34.9 Å². The predicted octanol–water partition coefficient (Wildman–Crippen LogP) is 6.64. The van der Waals surface area contributed by atoms with E-state index in [2.05, 4.69) is 84.5 Å². The van der Waals surface area contributed by atoms with Crippen molar-refractivity contribution in [2.24, 2.45) is 0 Å². The Hall–Kier alpha value is -3.79. The van der Waals surface area contributed by atoms with E-state index in [1.54, 1.807) is 0 Å². The van der Waals surface area contributed by atoms with Gasteiger partial charge in [0.05, 0.1) is 6.54 Å². The number of hydrogen-bond acceptors (Lipinski definition) is 1. The maximum absolute atomic E-state index is 13.4. The maximum Gasteiger partial charge on any atom is 0.322 e. The number of carbonyl (C=O) groups excluding carboxylic acids is 1. The third kappa shape index (κ3) is 5.92. The number of benzene rings is 3. The first-order chi connectivity index (χ1) is 16.1. The zero-order valence-electron chi connectivity index (χ0n) is 19.4. The van der Waals surface area contributed by atoms with Crippen molar-refractivity contribution in [1.29, 1.82) is 0 Å². The highest BCUT2D eigenvalue weighted by molar-refractivity contribution is 5.89. The molecule has 4 heteroatoms. The fraction of sp³-hybridized carbons (Fsp3) is 0.207. The van der Waals surface area contributed by atoms with Crippen LogP contribution in [0.2, 0.25) is 0 Å². The van der Waals surface area contributed by atoms with Crippen molar-refractivity contribution in [3.63, 3.8) is 0 Å². The molecule has 0 fully saturated rings. The topological polar surface area (TPSA) is 37.3 Å². The van der Waals surface area contributed by atoms with Crippen LogP contribution in [0.25, 0.3) is 0 Å². The summed E-state index contributed by atoms with van der Waals surface area (Å²) in [4.78, 5) is 15.2. The minimum Gasteiger partial charge on any atom is -0.345 e. The van der Waals surface area contributed by atoms with Gasteiger partial charge < -0.3 is 14.8 Å². The van der Waals surface area contributed by atoms with Gasteiger partial charge >= 0.3 is 6.03 Å². The highest BCUT2D eigenvalue weighted by Crippen LogP contribution is 2.17. The number of aryl methyl sites for hydroxylation is 2. The minimum atomic E-state index is -0.101. The van der Waals surface area contributed by atoms with Gasteiger partial charge in [-0.1, -0.05) is 73.7 Å². The van der Waals surface area contributed by atoms with Gasteiger partial charge in [-0.2, -0.15) is 0 Å². The van der Waals surface area contributed by atoms with Crippen molar-refractivity contribution >= 4 is 11.7 Å². The third-order valence-electron chi connectivity index (χ3n) is 5.97. The lowest BCUT2D eigenvalue weighted by molar-refractivity contribution is 0.205. The number of hydrogen-bond donors (Lipinski definition) is 1. The van der Waals surface area contributed by atoms with E-state index < -0.39 is 0 Å². The van der Waals surface area contributed by atoms with Gasteiger partial charge in [-0.3, -0.25) is 0 Å². The van der Waals surface area contributed by atoms with Crippen molar-refractivity contribution in [3.8, 4) is 0 Å². The van der Waals surface area contributed by atoms with Gasteiger partial charge in [-0.25, -0.2) is 4.79 Å². The first kappa shape index (κ1) is 22.4. The molecule has 0 saturated heterocycles. The van der Waals surface area contributed by atoms with Gasteiger partial charge in [0.1, 0.15) is 0 Å².